The molecule has 0 spiro atoms. The maximum Gasteiger partial charge on any atom is 0.230 e. The van der Waals surface area contributed by atoms with Crippen LogP contribution in [0.5, 0.6) is 0 Å². The second-order valence-electron chi connectivity index (χ2n) is 7.43. The van der Waals surface area contributed by atoms with E-state index in [1.165, 1.54) is 38.3 Å². The van der Waals surface area contributed by atoms with Crippen LogP contribution in [0.1, 0.15) is 46.5 Å². The molecular weight excluding hydrogens is 284 g/mol. The average Bonchev–Trinajstić information content (AvgIpc) is 2.93. The zero-order valence-corrected chi connectivity index (χ0v) is 14.3. The summed E-state index contributed by atoms with van der Waals surface area (Å²) in [4.78, 5) is 12.7. The van der Waals surface area contributed by atoms with Crippen molar-refractivity contribution in [2.45, 2.75) is 52.5 Å². The lowest BCUT2D eigenvalue weighted by Crippen LogP contribution is -2.38. The first kappa shape index (κ1) is 14.7. The summed E-state index contributed by atoms with van der Waals surface area (Å²) in [6.45, 7) is 7.15. The Morgan fingerprint density at radius 1 is 1.43 bits per heavy atom. The number of fused-ring (bicyclic) bond motifs is 1. The fourth-order valence-corrected chi connectivity index (χ4v) is 4.53. The number of rotatable bonds is 2. The molecule has 0 aromatic carbocycles. The summed E-state index contributed by atoms with van der Waals surface area (Å²) in [5, 5.41) is 3.56. The maximum absolute atomic E-state index is 12.7. The lowest BCUT2D eigenvalue weighted by Gasteiger charge is -2.33. The van der Waals surface area contributed by atoms with Gasteiger partial charge in [-0.2, -0.15) is 0 Å². The molecule has 2 atom stereocenters. The fourth-order valence-electron chi connectivity index (χ4n) is 4.53. The Hall–Kier alpha value is -1.90. The molecular formula is C20H25N2O+. The van der Waals surface area contributed by atoms with Crippen LogP contribution in [0, 0.1) is 10.8 Å². The summed E-state index contributed by atoms with van der Waals surface area (Å²) >= 11 is 0. The van der Waals surface area contributed by atoms with Gasteiger partial charge in [0, 0.05) is 46.9 Å². The van der Waals surface area contributed by atoms with Crippen molar-refractivity contribution >= 4 is 0 Å². The summed E-state index contributed by atoms with van der Waals surface area (Å²) < 4.78 is 1.27. The molecule has 0 aromatic heterocycles. The van der Waals surface area contributed by atoms with Crippen molar-refractivity contribution in [3.05, 3.63) is 62.4 Å². The molecule has 0 aromatic rings. The van der Waals surface area contributed by atoms with E-state index in [0.717, 1.165) is 37.9 Å². The number of hydrogen-bond donors (Lipinski definition) is 1. The van der Waals surface area contributed by atoms with Crippen LogP contribution in [0.4, 0.5) is 0 Å². The van der Waals surface area contributed by atoms with Crippen LogP contribution in [0.3, 0.4) is 0 Å². The van der Waals surface area contributed by atoms with Crippen molar-refractivity contribution < 1.29 is 4.76 Å². The van der Waals surface area contributed by atoms with E-state index >= 15 is 0 Å². The number of hydrogen-bond acceptors (Lipinski definition) is 2. The van der Waals surface area contributed by atoms with Gasteiger partial charge < -0.3 is 5.32 Å². The molecule has 0 saturated heterocycles. The van der Waals surface area contributed by atoms with E-state index in [1.54, 1.807) is 0 Å². The molecule has 4 aliphatic rings. The van der Waals surface area contributed by atoms with Crippen LogP contribution in [0.2, 0.25) is 0 Å². The maximum atomic E-state index is 12.7. The monoisotopic (exact) mass is 309 g/mol. The van der Waals surface area contributed by atoms with Crippen LogP contribution in [0.25, 0.3) is 0 Å². The van der Waals surface area contributed by atoms with Gasteiger partial charge in [-0.15, -0.1) is 0 Å². The minimum absolute atomic E-state index is 0.0430. The molecule has 2 heterocycles. The third-order valence-electron chi connectivity index (χ3n) is 5.62. The molecule has 2 aliphatic heterocycles. The van der Waals surface area contributed by atoms with Gasteiger partial charge in [-0.25, -0.2) is 0 Å². The molecule has 0 bridgehead atoms. The first-order valence-electron chi connectivity index (χ1n) is 8.74. The Morgan fingerprint density at radius 3 is 3.04 bits per heavy atom. The Balaban J connectivity index is 1.81. The number of nitrogens with zero attached hydrogens (tertiary/aromatic N) is 1. The van der Waals surface area contributed by atoms with E-state index in [2.05, 4.69) is 37.4 Å². The molecule has 0 radical (unpaired) electrons. The van der Waals surface area contributed by atoms with Gasteiger partial charge in [0.05, 0.1) is 5.92 Å². The van der Waals surface area contributed by atoms with Gasteiger partial charge in [0.2, 0.25) is 11.7 Å². The van der Waals surface area contributed by atoms with Crippen molar-refractivity contribution in [1.82, 2.24) is 5.32 Å². The number of nitrogens with one attached hydrogen (secondary N) is 1. The minimum Gasteiger partial charge on any atom is -0.381 e. The quantitative estimate of drug-likeness (QED) is 0.609. The predicted molar refractivity (Wildman–Crippen MR) is 92.7 cm³/mol. The SMILES string of the molecule is CC(C)=CCC1C2CC3=C4C(=CCCC4=C2C=C(C)[N+]1=O)NC3. The fraction of sp³-hybridized carbons (Fsp3) is 0.500. The van der Waals surface area contributed by atoms with Gasteiger partial charge in [-0.05, 0) is 49.8 Å². The molecule has 0 fully saturated rings. The highest BCUT2D eigenvalue weighted by atomic mass is 16.3. The van der Waals surface area contributed by atoms with Crippen molar-refractivity contribution in [3.8, 4) is 0 Å². The van der Waals surface area contributed by atoms with E-state index in [4.69, 9.17) is 0 Å². The van der Waals surface area contributed by atoms with E-state index in [9.17, 15) is 4.91 Å². The molecule has 2 unspecified atom stereocenters. The van der Waals surface area contributed by atoms with Crippen LogP contribution >= 0.6 is 0 Å². The molecule has 0 amide bonds. The van der Waals surface area contributed by atoms with Gasteiger partial charge in [0.15, 0.2) is 0 Å². The van der Waals surface area contributed by atoms with Gasteiger partial charge in [0.1, 0.15) is 0 Å². The molecule has 0 saturated carbocycles. The first-order valence-corrected chi connectivity index (χ1v) is 8.74. The molecule has 4 rings (SSSR count). The standard InChI is InChI=1S/C20H25N2O/c1-12(2)7-8-19-17-10-14-11-21-18-6-4-5-15(20(14)18)16(17)9-13(3)22(19)23/h6-7,9,17,19,21H,4-5,8,10-11H2,1-3H3/q+1. The number of nitroso groups, excluding NO2 is 1. The molecule has 3 nitrogen and oxygen atoms in total. The predicted octanol–water partition coefficient (Wildman–Crippen LogP) is 4.30. The zero-order valence-electron chi connectivity index (χ0n) is 14.3. The summed E-state index contributed by atoms with van der Waals surface area (Å²) in [5.74, 6) is 0.347. The van der Waals surface area contributed by atoms with Gasteiger partial charge in [-0.3, -0.25) is 0 Å². The smallest absolute Gasteiger partial charge is 0.230 e. The molecule has 120 valence electrons. The van der Waals surface area contributed by atoms with Gasteiger partial charge >= 0.3 is 0 Å². The van der Waals surface area contributed by atoms with E-state index < -0.39 is 0 Å². The Morgan fingerprint density at radius 2 is 2.26 bits per heavy atom. The Kier molecular flexibility index (Phi) is 3.40. The van der Waals surface area contributed by atoms with Crippen molar-refractivity contribution in [1.29, 1.82) is 0 Å². The van der Waals surface area contributed by atoms with E-state index in [1.807, 2.05) is 6.92 Å². The summed E-state index contributed by atoms with van der Waals surface area (Å²) in [6.07, 6.45) is 10.8. The minimum atomic E-state index is 0.0430. The summed E-state index contributed by atoms with van der Waals surface area (Å²) in [6, 6.07) is 0.0430. The van der Waals surface area contributed by atoms with Crippen molar-refractivity contribution in [3.63, 3.8) is 0 Å². The average molecular weight is 309 g/mol. The molecule has 23 heavy (non-hydrogen) atoms. The highest BCUT2D eigenvalue weighted by Crippen LogP contribution is 2.48. The van der Waals surface area contributed by atoms with Crippen LogP contribution in [0.15, 0.2) is 57.5 Å². The second-order valence-corrected chi connectivity index (χ2v) is 7.43. The number of allylic oxidation sites excluding steroid dienone is 5. The third kappa shape index (κ3) is 2.25. The topological polar surface area (TPSA) is 32.1 Å². The van der Waals surface area contributed by atoms with E-state index in [-0.39, 0.29) is 6.04 Å². The van der Waals surface area contributed by atoms with Crippen LogP contribution in [-0.4, -0.2) is 17.3 Å². The lowest BCUT2D eigenvalue weighted by atomic mass is 9.71. The molecule has 3 heteroatoms. The van der Waals surface area contributed by atoms with Crippen LogP contribution in [-0.2, 0) is 0 Å². The van der Waals surface area contributed by atoms with Crippen molar-refractivity contribution in [2.75, 3.05) is 6.54 Å². The second kappa shape index (κ2) is 5.33. The van der Waals surface area contributed by atoms with Gasteiger partial charge in [0.25, 0.3) is 0 Å². The largest absolute Gasteiger partial charge is 0.381 e. The molecule has 1 N–H and O–H groups in total. The third-order valence-corrected chi connectivity index (χ3v) is 5.62. The van der Waals surface area contributed by atoms with E-state index in [0.29, 0.717) is 5.92 Å². The highest BCUT2D eigenvalue weighted by Gasteiger charge is 2.46. The summed E-state index contributed by atoms with van der Waals surface area (Å²) in [7, 11) is 0. The van der Waals surface area contributed by atoms with Crippen molar-refractivity contribution in [2.24, 2.45) is 5.92 Å². The molecule has 2 aliphatic carbocycles. The summed E-state index contributed by atoms with van der Waals surface area (Å²) in [5.41, 5.74) is 9.44. The lowest BCUT2D eigenvalue weighted by molar-refractivity contribution is -0.549. The highest BCUT2D eigenvalue weighted by molar-refractivity contribution is 5.61. The first-order chi connectivity index (χ1) is 11.1. The normalized spacial score (nSPS) is 28.7. The van der Waals surface area contributed by atoms with Gasteiger partial charge in [-0.1, -0.05) is 17.7 Å². The Bertz CT molecular complexity index is 742. The Labute approximate surface area is 138 Å². The zero-order chi connectivity index (χ0) is 16.1. The van der Waals surface area contributed by atoms with Crippen LogP contribution < -0.4 is 5.32 Å².